The number of aryl methyl sites for hydroxylation is 1. The summed E-state index contributed by atoms with van der Waals surface area (Å²) in [5, 5.41) is 2.96. The molecule has 0 radical (unpaired) electrons. The number of amides is 1. The van der Waals surface area contributed by atoms with Crippen molar-refractivity contribution in [3.8, 4) is 0 Å². The molecule has 0 aromatic heterocycles. The van der Waals surface area contributed by atoms with Crippen molar-refractivity contribution in [2.24, 2.45) is 0 Å². The highest BCUT2D eigenvalue weighted by Crippen LogP contribution is 2.23. The van der Waals surface area contributed by atoms with Crippen molar-refractivity contribution < 1.29 is 4.79 Å². The van der Waals surface area contributed by atoms with Crippen LogP contribution in [0.5, 0.6) is 0 Å². The van der Waals surface area contributed by atoms with Gasteiger partial charge in [-0.15, -0.1) is 0 Å². The molecule has 0 spiro atoms. The van der Waals surface area contributed by atoms with Gasteiger partial charge in [-0.1, -0.05) is 6.42 Å². The number of nitrogens with one attached hydrogen (secondary N) is 1. The Hall–Kier alpha value is -1.55. The second kappa shape index (κ2) is 6.75. The Kier molecular flexibility index (Phi) is 5.01. The van der Waals surface area contributed by atoms with Crippen LogP contribution in [0, 0.1) is 6.92 Å². The van der Waals surface area contributed by atoms with E-state index in [1.54, 1.807) is 0 Å². The third-order valence-electron chi connectivity index (χ3n) is 4.14. The number of rotatable bonds is 6. The molecule has 1 fully saturated rings. The molecule has 1 aromatic rings. The first kappa shape index (κ1) is 14.9. The van der Waals surface area contributed by atoms with Gasteiger partial charge in [0.15, 0.2) is 0 Å². The number of anilines is 2. The summed E-state index contributed by atoms with van der Waals surface area (Å²) >= 11 is 0. The van der Waals surface area contributed by atoms with Crippen molar-refractivity contribution in [1.82, 2.24) is 4.90 Å². The molecule has 0 bridgehead atoms. The summed E-state index contributed by atoms with van der Waals surface area (Å²) in [7, 11) is 2.16. The molecule has 1 aliphatic carbocycles. The predicted molar refractivity (Wildman–Crippen MR) is 83.7 cm³/mol. The van der Waals surface area contributed by atoms with Crippen molar-refractivity contribution in [1.29, 1.82) is 0 Å². The van der Waals surface area contributed by atoms with Gasteiger partial charge in [0.2, 0.25) is 5.91 Å². The minimum atomic E-state index is 0.0832. The summed E-state index contributed by atoms with van der Waals surface area (Å²) in [6.07, 6.45) is 5.46. The zero-order valence-electron chi connectivity index (χ0n) is 12.5. The fraction of sp³-hybridized carbons (Fsp3) is 0.562. The van der Waals surface area contributed by atoms with Crippen molar-refractivity contribution in [2.45, 2.75) is 45.1 Å². The van der Waals surface area contributed by atoms with Crippen LogP contribution >= 0.6 is 0 Å². The first-order chi connectivity index (χ1) is 9.56. The zero-order chi connectivity index (χ0) is 14.5. The number of nitrogens with two attached hydrogens (primary N) is 1. The molecule has 1 saturated carbocycles. The van der Waals surface area contributed by atoms with Gasteiger partial charge >= 0.3 is 0 Å². The molecule has 3 N–H and O–H groups in total. The second-order valence-electron chi connectivity index (χ2n) is 5.79. The highest BCUT2D eigenvalue weighted by molar-refractivity contribution is 5.91. The lowest BCUT2D eigenvalue weighted by Crippen LogP contribution is -2.37. The Bertz CT molecular complexity index is 469. The molecular formula is C16H25N3O. The molecule has 1 aromatic carbocycles. The predicted octanol–water partition coefficient (Wildman–Crippen LogP) is 2.78. The average molecular weight is 275 g/mol. The number of nitrogens with zero attached hydrogens (tertiary/aromatic N) is 1. The van der Waals surface area contributed by atoms with Gasteiger partial charge in [-0.25, -0.2) is 0 Å². The van der Waals surface area contributed by atoms with Crippen LogP contribution in [0.2, 0.25) is 0 Å². The van der Waals surface area contributed by atoms with Crippen LogP contribution in [0.25, 0.3) is 0 Å². The molecule has 20 heavy (non-hydrogen) atoms. The van der Waals surface area contributed by atoms with Crippen LogP contribution in [0.3, 0.4) is 0 Å². The van der Waals surface area contributed by atoms with Gasteiger partial charge in [0.25, 0.3) is 0 Å². The van der Waals surface area contributed by atoms with Gasteiger partial charge < -0.3 is 16.0 Å². The lowest BCUT2D eigenvalue weighted by molar-refractivity contribution is -0.116. The van der Waals surface area contributed by atoms with E-state index in [0.717, 1.165) is 35.9 Å². The van der Waals surface area contributed by atoms with Crippen LogP contribution in [-0.2, 0) is 4.79 Å². The van der Waals surface area contributed by atoms with E-state index in [-0.39, 0.29) is 5.91 Å². The Labute approximate surface area is 121 Å². The summed E-state index contributed by atoms with van der Waals surface area (Å²) in [6, 6.07) is 6.30. The number of benzene rings is 1. The van der Waals surface area contributed by atoms with Crippen molar-refractivity contribution in [3.05, 3.63) is 23.8 Å². The van der Waals surface area contributed by atoms with Gasteiger partial charge in [-0.2, -0.15) is 0 Å². The lowest BCUT2D eigenvalue weighted by atomic mass is 9.92. The van der Waals surface area contributed by atoms with E-state index >= 15 is 0 Å². The van der Waals surface area contributed by atoms with Gasteiger partial charge in [0.05, 0.1) is 0 Å². The first-order valence-electron chi connectivity index (χ1n) is 7.42. The standard InChI is InChI=1S/C16H25N3O/c1-12-11-13(17)8-9-15(12)18-16(20)7-4-10-19(2)14-5-3-6-14/h8-9,11,14H,3-7,10,17H2,1-2H3,(H,18,20). The summed E-state index contributed by atoms with van der Waals surface area (Å²) < 4.78 is 0. The molecule has 2 rings (SSSR count). The Balaban J connectivity index is 1.72. The fourth-order valence-electron chi connectivity index (χ4n) is 2.54. The van der Waals surface area contributed by atoms with Crippen LogP contribution in [0.4, 0.5) is 11.4 Å². The monoisotopic (exact) mass is 275 g/mol. The summed E-state index contributed by atoms with van der Waals surface area (Å²) in [6.45, 7) is 2.95. The van der Waals surface area contributed by atoms with E-state index in [2.05, 4.69) is 17.3 Å². The van der Waals surface area contributed by atoms with E-state index in [1.165, 1.54) is 19.3 Å². The molecule has 4 nitrogen and oxygen atoms in total. The van der Waals surface area contributed by atoms with Crippen molar-refractivity contribution in [3.63, 3.8) is 0 Å². The summed E-state index contributed by atoms with van der Waals surface area (Å²) in [5.41, 5.74) is 8.29. The quantitative estimate of drug-likeness (QED) is 0.785. The molecular weight excluding hydrogens is 250 g/mol. The van der Waals surface area contributed by atoms with Gasteiger partial charge in [0, 0.05) is 23.8 Å². The smallest absolute Gasteiger partial charge is 0.224 e. The molecule has 110 valence electrons. The summed E-state index contributed by atoms with van der Waals surface area (Å²) in [5.74, 6) is 0.0832. The van der Waals surface area contributed by atoms with E-state index < -0.39 is 0 Å². The highest BCUT2D eigenvalue weighted by Gasteiger charge is 2.21. The number of carbonyl (C=O) groups excluding carboxylic acids is 1. The zero-order valence-corrected chi connectivity index (χ0v) is 12.5. The third kappa shape index (κ3) is 3.97. The van der Waals surface area contributed by atoms with E-state index in [9.17, 15) is 4.79 Å². The molecule has 0 unspecified atom stereocenters. The van der Waals surface area contributed by atoms with Crippen LogP contribution in [0.15, 0.2) is 18.2 Å². The first-order valence-corrected chi connectivity index (χ1v) is 7.42. The Morgan fingerprint density at radius 2 is 2.20 bits per heavy atom. The average Bonchev–Trinajstić information content (AvgIpc) is 2.30. The topological polar surface area (TPSA) is 58.4 Å². The van der Waals surface area contributed by atoms with E-state index in [4.69, 9.17) is 5.73 Å². The summed E-state index contributed by atoms with van der Waals surface area (Å²) in [4.78, 5) is 14.3. The minimum Gasteiger partial charge on any atom is -0.399 e. The molecule has 0 heterocycles. The van der Waals surface area contributed by atoms with E-state index in [1.807, 2.05) is 25.1 Å². The van der Waals surface area contributed by atoms with Crippen molar-refractivity contribution >= 4 is 17.3 Å². The Morgan fingerprint density at radius 1 is 1.45 bits per heavy atom. The molecule has 0 saturated heterocycles. The van der Waals surface area contributed by atoms with Crippen molar-refractivity contribution in [2.75, 3.05) is 24.6 Å². The maximum absolute atomic E-state index is 11.9. The fourth-order valence-corrected chi connectivity index (χ4v) is 2.54. The van der Waals surface area contributed by atoms with Gasteiger partial charge in [-0.05, 0) is 63.5 Å². The second-order valence-corrected chi connectivity index (χ2v) is 5.79. The number of carbonyl (C=O) groups is 1. The molecule has 0 atom stereocenters. The van der Waals surface area contributed by atoms with Crippen LogP contribution in [-0.4, -0.2) is 30.4 Å². The third-order valence-corrected chi connectivity index (χ3v) is 4.14. The van der Waals surface area contributed by atoms with E-state index in [0.29, 0.717) is 6.42 Å². The molecule has 0 aliphatic heterocycles. The molecule has 4 heteroatoms. The van der Waals surface area contributed by atoms with Crippen LogP contribution < -0.4 is 11.1 Å². The number of nitrogen functional groups attached to an aromatic ring is 1. The minimum absolute atomic E-state index is 0.0832. The Morgan fingerprint density at radius 3 is 2.80 bits per heavy atom. The maximum Gasteiger partial charge on any atom is 0.224 e. The van der Waals surface area contributed by atoms with Gasteiger partial charge in [0.1, 0.15) is 0 Å². The van der Waals surface area contributed by atoms with Gasteiger partial charge in [-0.3, -0.25) is 4.79 Å². The maximum atomic E-state index is 11.9. The highest BCUT2D eigenvalue weighted by atomic mass is 16.1. The normalized spacial score (nSPS) is 15.2. The SMILES string of the molecule is Cc1cc(N)ccc1NC(=O)CCCN(C)C1CCC1. The van der Waals surface area contributed by atoms with Crippen LogP contribution in [0.1, 0.15) is 37.7 Å². The lowest BCUT2D eigenvalue weighted by Gasteiger charge is -2.34. The number of hydrogen-bond acceptors (Lipinski definition) is 3. The molecule has 1 amide bonds. The number of hydrogen-bond donors (Lipinski definition) is 2. The largest absolute Gasteiger partial charge is 0.399 e. The molecule has 1 aliphatic rings.